The van der Waals surface area contributed by atoms with Crippen LogP contribution in [0, 0.1) is 0 Å². The zero-order valence-electron chi connectivity index (χ0n) is 28.5. The predicted molar refractivity (Wildman–Crippen MR) is 207 cm³/mol. The van der Waals surface area contributed by atoms with Gasteiger partial charge in [0, 0.05) is 0 Å². The van der Waals surface area contributed by atoms with Gasteiger partial charge in [-0.2, -0.15) is 0 Å². The Hall–Kier alpha value is -5.96. The first-order valence-electron chi connectivity index (χ1n) is 17.3. The second kappa shape index (κ2) is 15.3. The molecule has 1 saturated heterocycles. The molecule has 0 radical (unpaired) electrons. The van der Waals surface area contributed by atoms with Crippen molar-refractivity contribution >= 4 is 62.0 Å². The van der Waals surface area contributed by atoms with Crippen LogP contribution in [0.3, 0.4) is 0 Å². The normalized spacial score (nSPS) is 18.2. The Bertz CT molecular complexity index is 2450. The van der Waals surface area contributed by atoms with Crippen LogP contribution in [0.25, 0.3) is 32.3 Å². The van der Waals surface area contributed by atoms with Gasteiger partial charge < -0.3 is 18.9 Å². The minimum absolute atomic E-state index is 0.124. The van der Waals surface area contributed by atoms with Gasteiger partial charge in [-0.3, -0.25) is 0 Å². The van der Waals surface area contributed by atoms with Crippen molar-refractivity contribution in [3.63, 3.8) is 0 Å². The van der Waals surface area contributed by atoms with Crippen molar-refractivity contribution in [3.05, 3.63) is 180 Å². The second-order valence-corrected chi connectivity index (χ2v) is 14.2. The van der Waals surface area contributed by atoms with E-state index < -0.39 is 40.8 Å². The van der Waals surface area contributed by atoms with Gasteiger partial charge in [0.1, 0.15) is 18.8 Å². The average Bonchev–Trinajstić information content (AvgIpc) is 3.53. The lowest BCUT2D eigenvalue weighted by atomic mass is 10.1. The average molecular weight is 719 g/mol. The van der Waals surface area contributed by atoms with Crippen molar-refractivity contribution in [1.29, 1.82) is 0 Å². The van der Waals surface area contributed by atoms with Crippen molar-refractivity contribution in [2.24, 2.45) is 0 Å². The van der Waals surface area contributed by atoms with E-state index in [4.69, 9.17) is 18.9 Å². The number of rotatable bonds is 10. The molecule has 0 bridgehead atoms. The van der Waals surface area contributed by atoms with Gasteiger partial charge >= 0.3 is 17.9 Å². The third-order valence-electron chi connectivity index (χ3n) is 9.35. The predicted octanol–water partition coefficient (Wildman–Crippen LogP) is 9.41. The number of carbonyl (C=O) groups is 3. The molecular weight excluding hydrogens is 685 g/mol. The van der Waals surface area contributed by atoms with Crippen LogP contribution in [0.4, 0.5) is 0 Å². The summed E-state index contributed by atoms with van der Waals surface area (Å²) in [7, 11) is 0. The molecule has 53 heavy (non-hydrogen) atoms. The molecule has 8 rings (SSSR count). The van der Waals surface area contributed by atoms with Gasteiger partial charge in [0.2, 0.25) is 0 Å². The molecule has 0 saturated carbocycles. The van der Waals surface area contributed by atoms with Crippen molar-refractivity contribution in [2.45, 2.75) is 29.5 Å². The first kappa shape index (κ1) is 34.1. The Balaban J connectivity index is 1.09. The molecule has 1 unspecified atom stereocenters. The molecule has 0 amide bonds. The molecule has 4 atom stereocenters. The zero-order valence-corrected chi connectivity index (χ0v) is 29.3. The minimum Gasteiger partial charge on any atom is -0.461 e. The Kier molecular flexibility index (Phi) is 9.88. The minimum atomic E-state index is -0.943. The lowest BCUT2D eigenvalue weighted by Crippen LogP contribution is -2.41. The third kappa shape index (κ3) is 7.65. The Morgan fingerprint density at radius 3 is 1.45 bits per heavy atom. The Labute approximate surface area is 310 Å². The molecule has 0 aromatic heterocycles. The lowest BCUT2D eigenvalue weighted by Gasteiger charge is -2.26. The highest BCUT2D eigenvalue weighted by molar-refractivity contribution is 8.00. The molecule has 7 aromatic rings. The van der Waals surface area contributed by atoms with E-state index in [9.17, 15) is 14.4 Å². The molecule has 0 aliphatic carbocycles. The zero-order chi connectivity index (χ0) is 36.1. The van der Waals surface area contributed by atoms with Crippen LogP contribution in [0.5, 0.6) is 0 Å². The molecule has 0 spiro atoms. The van der Waals surface area contributed by atoms with E-state index in [-0.39, 0.29) is 13.2 Å². The number of thioether (sulfide) groups is 1. The summed E-state index contributed by atoms with van der Waals surface area (Å²) in [4.78, 5) is 41.0. The van der Waals surface area contributed by atoms with E-state index in [1.165, 1.54) is 11.8 Å². The summed E-state index contributed by atoms with van der Waals surface area (Å²) in [5.74, 6) is -1.63. The molecule has 8 heteroatoms. The van der Waals surface area contributed by atoms with Crippen molar-refractivity contribution in [1.82, 2.24) is 0 Å². The smallest absolute Gasteiger partial charge is 0.339 e. The van der Waals surface area contributed by atoms with Gasteiger partial charge in [0.05, 0.1) is 28.5 Å². The molecule has 1 aliphatic rings. The third-order valence-corrected chi connectivity index (χ3v) is 10.7. The molecule has 7 aromatic carbocycles. The van der Waals surface area contributed by atoms with E-state index in [1.54, 1.807) is 36.4 Å². The molecule has 0 N–H and O–H groups in total. The highest BCUT2D eigenvalue weighted by Gasteiger charge is 2.50. The van der Waals surface area contributed by atoms with Crippen LogP contribution in [-0.2, 0) is 25.6 Å². The molecule has 1 aliphatic heterocycles. The van der Waals surface area contributed by atoms with Crippen molar-refractivity contribution in [2.75, 3.05) is 6.61 Å². The summed E-state index contributed by atoms with van der Waals surface area (Å²) >= 11 is 1.25. The van der Waals surface area contributed by atoms with Gasteiger partial charge in [0.15, 0.2) is 5.44 Å². The number of fused-ring (bicyclic) bond motifs is 3. The molecule has 262 valence electrons. The monoisotopic (exact) mass is 718 g/mol. The lowest BCUT2D eigenvalue weighted by molar-refractivity contribution is -0.0860. The van der Waals surface area contributed by atoms with Crippen LogP contribution >= 0.6 is 11.8 Å². The fourth-order valence-corrected chi connectivity index (χ4v) is 7.95. The molecule has 1 heterocycles. The summed E-state index contributed by atoms with van der Waals surface area (Å²) in [6.45, 7) is 0.0466. The summed E-state index contributed by atoms with van der Waals surface area (Å²) in [5, 5.41) is 5.07. The van der Waals surface area contributed by atoms with Crippen LogP contribution in [0.1, 0.15) is 36.6 Å². The van der Waals surface area contributed by atoms with Gasteiger partial charge in [-0.25, -0.2) is 14.4 Å². The second-order valence-electron chi connectivity index (χ2n) is 12.9. The van der Waals surface area contributed by atoms with E-state index in [2.05, 4.69) is 0 Å². The fourth-order valence-electron chi connectivity index (χ4n) is 6.56. The molecule has 1 fully saturated rings. The van der Waals surface area contributed by atoms with Gasteiger partial charge in [-0.15, -0.1) is 11.8 Å². The summed E-state index contributed by atoms with van der Waals surface area (Å²) < 4.78 is 24.8. The largest absolute Gasteiger partial charge is 0.461 e. The first-order valence-corrected chi connectivity index (χ1v) is 18.3. The molecular formula is C45H34O7S. The van der Waals surface area contributed by atoms with E-state index in [1.807, 2.05) is 121 Å². The van der Waals surface area contributed by atoms with E-state index >= 15 is 0 Å². The number of hydrogen-bond acceptors (Lipinski definition) is 8. The number of hydrogen-bond donors (Lipinski definition) is 0. The van der Waals surface area contributed by atoms with Crippen molar-refractivity contribution in [3.8, 4) is 0 Å². The number of carbonyl (C=O) groups excluding carboxylic acids is 3. The van der Waals surface area contributed by atoms with Crippen LogP contribution in [-0.4, -0.2) is 47.4 Å². The van der Waals surface area contributed by atoms with Gasteiger partial charge in [-0.1, -0.05) is 121 Å². The van der Waals surface area contributed by atoms with Crippen molar-refractivity contribution < 1.29 is 33.3 Å². The van der Waals surface area contributed by atoms with Crippen LogP contribution < -0.4 is 0 Å². The van der Waals surface area contributed by atoms with Gasteiger partial charge in [0.25, 0.3) is 0 Å². The number of esters is 3. The van der Waals surface area contributed by atoms with Gasteiger partial charge in [-0.05, 0) is 74.3 Å². The standard InChI is InChI=1S/C45H34O7S/c46-42(36-21-18-30-12-4-7-15-33(30)24-36)50-28-39-40(51-43(47)37-22-19-31-13-5-8-16-34(31)25-37)41(49-27-29-10-2-1-3-11-29)45(53-39)52-44(48)38-23-20-32-14-6-9-17-35(32)26-38/h1-26,39-41,45H,27-28H2/t39-,40+,41+,45?/m1/s1. The quantitative estimate of drug-likeness (QED) is 0.102. The molecule has 7 nitrogen and oxygen atoms in total. The van der Waals surface area contributed by atoms with Crippen LogP contribution in [0.2, 0.25) is 0 Å². The number of benzene rings is 7. The maximum absolute atomic E-state index is 13.9. The number of ether oxygens (including phenoxy) is 4. The SMILES string of the molecule is O=C(OC[C@H]1SC(OC(=O)c2ccc3ccccc3c2)[C@@H](OCc2ccccc2)[C@H]1OC(=O)c1ccc2ccccc2c1)c1ccc2ccccc2c1. The first-order chi connectivity index (χ1) is 26.0. The summed E-state index contributed by atoms with van der Waals surface area (Å²) in [5.41, 5.74) is 1.13. The Morgan fingerprint density at radius 2 is 0.925 bits per heavy atom. The highest BCUT2D eigenvalue weighted by atomic mass is 32.2. The topological polar surface area (TPSA) is 88.1 Å². The Morgan fingerprint density at radius 1 is 0.472 bits per heavy atom. The maximum Gasteiger partial charge on any atom is 0.339 e. The van der Waals surface area contributed by atoms with E-state index in [0.717, 1.165) is 37.9 Å². The van der Waals surface area contributed by atoms with E-state index in [0.29, 0.717) is 16.7 Å². The summed E-state index contributed by atoms with van der Waals surface area (Å²) in [6.07, 6.45) is -1.83. The van der Waals surface area contributed by atoms with Crippen LogP contribution in [0.15, 0.2) is 158 Å². The summed E-state index contributed by atoms with van der Waals surface area (Å²) in [6, 6.07) is 49.0. The maximum atomic E-state index is 13.9. The fraction of sp³-hybridized carbons (Fsp3) is 0.133. The highest BCUT2D eigenvalue weighted by Crippen LogP contribution is 2.41.